The van der Waals surface area contributed by atoms with Crippen LogP contribution in [0, 0.1) is 0 Å². The fourth-order valence-corrected chi connectivity index (χ4v) is 1.75. The molecule has 6 nitrogen and oxygen atoms in total. The maximum absolute atomic E-state index is 11.9. The lowest BCUT2D eigenvalue weighted by molar-refractivity contribution is -0.146. The normalized spacial score (nSPS) is 12.2. The summed E-state index contributed by atoms with van der Waals surface area (Å²) in [5, 5.41) is 2.53. The molecule has 0 aliphatic carbocycles. The molecule has 1 aromatic carbocycles. The Morgan fingerprint density at radius 1 is 1.17 bits per heavy atom. The zero-order valence-electron chi connectivity index (χ0n) is 14.1. The molecule has 0 fully saturated rings. The van der Waals surface area contributed by atoms with Crippen LogP contribution in [0.3, 0.4) is 0 Å². The minimum absolute atomic E-state index is 0.241. The molecule has 0 spiro atoms. The molecule has 0 aliphatic heterocycles. The van der Waals surface area contributed by atoms with Crippen molar-refractivity contribution in [2.24, 2.45) is 0 Å². The maximum Gasteiger partial charge on any atom is 0.408 e. The summed E-state index contributed by atoms with van der Waals surface area (Å²) >= 11 is 0. The number of ether oxygens (including phenoxy) is 3. The third-order valence-electron chi connectivity index (χ3n) is 2.68. The molecule has 128 valence electrons. The van der Waals surface area contributed by atoms with E-state index in [2.05, 4.69) is 5.32 Å². The van der Waals surface area contributed by atoms with Gasteiger partial charge in [-0.1, -0.05) is 18.2 Å². The largest absolute Gasteiger partial charge is 0.494 e. The molecular weight excluding hydrogens is 298 g/mol. The first-order valence-corrected chi connectivity index (χ1v) is 7.66. The topological polar surface area (TPSA) is 73.9 Å². The second-order valence-electron chi connectivity index (χ2n) is 5.90. The van der Waals surface area contributed by atoms with Crippen LogP contribution >= 0.6 is 0 Å². The number of rotatable bonds is 7. The van der Waals surface area contributed by atoms with Crippen molar-refractivity contribution in [3.05, 3.63) is 30.3 Å². The van der Waals surface area contributed by atoms with Gasteiger partial charge in [0.2, 0.25) is 0 Å². The average molecular weight is 323 g/mol. The van der Waals surface area contributed by atoms with E-state index in [0.29, 0.717) is 5.75 Å². The van der Waals surface area contributed by atoms with Gasteiger partial charge in [-0.3, -0.25) is 0 Å². The Bertz CT molecular complexity index is 495. The van der Waals surface area contributed by atoms with Crippen molar-refractivity contribution in [3.8, 4) is 5.75 Å². The zero-order chi connectivity index (χ0) is 17.3. The number of nitrogens with one attached hydrogen (secondary N) is 1. The third-order valence-corrected chi connectivity index (χ3v) is 2.68. The Balaban J connectivity index is 2.55. The molecule has 23 heavy (non-hydrogen) atoms. The van der Waals surface area contributed by atoms with Gasteiger partial charge in [0.25, 0.3) is 0 Å². The quantitative estimate of drug-likeness (QED) is 0.781. The molecule has 0 saturated carbocycles. The van der Waals surface area contributed by atoms with Crippen molar-refractivity contribution in [1.82, 2.24) is 5.32 Å². The van der Waals surface area contributed by atoms with E-state index in [0.717, 1.165) is 0 Å². The molecule has 0 aromatic heterocycles. The highest BCUT2D eigenvalue weighted by molar-refractivity contribution is 5.81. The number of amides is 1. The number of carbonyl (C=O) groups excluding carboxylic acids is 2. The summed E-state index contributed by atoms with van der Waals surface area (Å²) in [6, 6.07) is 8.43. The van der Waals surface area contributed by atoms with Gasteiger partial charge in [-0.15, -0.1) is 0 Å². The number of carbonyl (C=O) groups is 2. The Kier molecular flexibility index (Phi) is 7.38. The van der Waals surface area contributed by atoms with E-state index in [-0.39, 0.29) is 19.6 Å². The molecule has 0 bridgehead atoms. The Labute approximate surface area is 137 Å². The lowest BCUT2D eigenvalue weighted by atomic mass is 10.2. The number of esters is 1. The van der Waals surface area contributed by atoms with Crippen LogP contribution in [0.1, 0.15) is 34.1 Å². The first-order valence-electron chi connectivity index (χ1n) is 7.66. The van der Waals surface area contributed by atoms with Gasteiger partial charge in [0.15, 0.2) is 0 Å². The minimum Gasteiger partial charge on any atom is -0.494 e. The molecule has 1 N–H and O–H groups in total. The summed E-state index contributed by atoms with van der Waals surface area (Å²) in [4.78, 5) is 23.8. The molecule has 0 radical (unpaired) electrons. The van der Waals surface area contributed by atoms with Crippen LogP contribution in [-0.2, 0) is 14.3 Å². The van der Waals surface area contributed by atoms with E-state index in [4.69, 9.17) is 14.2 Å². The fraction of sp³-hybridized carbons (Fsp3) is 0.529. The number of benzene rings is 1. The molecule has 6 heteroatoms. The van der Waals surface area contributed by atoms with Gasteiger partial charge < -0.3 is 19.5 Å². The summed E-state index contributed by atoms with van der Waals surface area (Å²) in [7, 11) is 0. The monoisotopic (exact) mass is 323 g/mol. The first kappa shape index (κ1) is 18.8. The van der Waals surface area contributed by atoms with E-state index < -0.39 is 23.7 Å². The highest BCUT2D eigenvalue weighted by Crippen LogP contribution is 2.10. The van der Waals surface area contributed by atoms with Crippen molar-refractivity contribution < 1.29 is 23.8 Å². The Morgan fingerprint density at radius 3 is 2.39 bits per heavy atom. The second kappa shape index (κ2) is 9.02. The number of hydrogen-bond donors (Lipinski definition) is 1. The highest BCUT2D eigenvalue weighted by atomic mass is 16.6. The Morgan fingerprint density at radius 2 is 1.83 bits per heavy atom. The van der Waals surface area contributed by atoms with Gasteiger partial charge in [-0.2, -0.15) is 0 Å². The summed E-state index contributed by atoms with van der Waals surface area (Å²) in [5.41, 5.74) is -0.635. The third kappa shape index (κ3) is 8.09. The van der Waals surface area contributed by atoms with Gasteiger partial charge in [0, 0.05) is 6.42 Å². The number of hydrogen-bond acceptors (Lipinski definition) is 5. The smallest absolute Gasteiger partial charge is 0.408 e. The van der Waals surface area contributed by atoms with Gasteiger partial charge in [-0.05, 0) is 39.8 Å². The molecule has 1 amide bonds. The molecule has 1 rings (SSSR count). The van der Waals surface area contributed by atoms with Gasteiger partial charge >= 0.3 is 12.1 Å². The van der Waals surface area contributed by atoms with Crippen LogP contribution < -0.4 is 10.1 Å². The van der Waals surface area contributed by atoms with Crippen LogP contribution in [0.2, 0.25) is 0 Å². The van der Waals surface area contributed by atoms with E-state index in [1.165, 1.54) is 0 Å². The minimum atomic E-state index is -0.812. The van der Waals surface area contributed by atoms with E-state index >= 15 is 0 Å². The Hall–Kier alpha value is -2.24. The number of alkyl carbamates (subject to hydrolysis) is 1. The molecule has 1 atom stereocenters. The van der Waals surface area contributed by atoms with Crippen molar-refractivity contribution in [2.75, 3.05) is 13.2 Å². The predicted molar refractivity (Wildman–Crippen MR) is 86.3 cm³/mol. The predicted octanol–water partition coefficient (Wildman–Crippen LogP) is 2.91. The molecule has 0 heterocycles. The molecular formula is C17H25NO5. The van der Waals surface area contributed by atoms with Crippen LogP contribution in [-0.4, -0.2) is 36.9 Å². The summed E-state index contributed by atoms with van der Waals surface area (Å²) in [5.74, 6) is 0.197. The van der Waals surface area contributed by atoms with E-state index in [1.807, 2.05) is 30.3 Å². The lowest BCUT2D eigenvalue weighted by Crippen LogP contribution is -2.45. The second-order valence-corrected chi connectivity index (χ2v) is 5.90. The van der Waals surface area contributed by atoms with Crippen molar-refractivity contribution in [1.29, 1.82) is 0 Å². The van der Waals surface area contributed by atoms with Gasteiger partial charge in [-0.25, -0.2) is 9.59 Å². The van der Waals surface area contributed by atoms with Crippen molar-refractivity contribution >= 4 is 12.1 Å². The van der Waals surface area contributed by atoms with Gasteiger partial charge in [0.05, 0.1) is 13.2 Å². The summed E-state index contributed by atoms with van der Waals surface area (Å²) < 4.78 is 15.7. The standard InChI is InChI=1S/C17H25NO5/c1-5-21-15(19)14(18-16(20)23-17(2,3)4)11-12-22-13-9-7-6-8-10-13/h6-10,14H,5,11-12H2,1-4H3,(H,18,20). The molecule has 1 aromatic rings. The van der Waals surface area contributed by atoms with E-state index in [1.54, 1.807) is 27.7 Å². The summed E-state index contributed by atoms with van der Waals surface area (Å²) in [6.45, 7) is 7.48. The zero-order valence-corrected chi connectivity index (χ0v) is 14.1. The number of para-hydroxylation sites is 1. The van der Waals surface area contributed by atoms with Crippen LogP contribution in [0.25, 0.3) is 0 Å². The van der Waals surface area contributed by atoms with Crippen molar-refractivity contribution in [2.45, 2.75) is 45.8 Å². The molecule has 0 saturated heterocycles. The van der Waals surface area contributed by atoms with Crippen molar-refractivity contribution in [3.63, 3.8) is 0 Å². The van der Waals surface area contributed by atoms with Crippen LogP contribution in [0.15, 0.2) is 30.3 Å². The fourth-order valence-electron chi connectivity index (χ4n) is 1.75. The highest BCUT2D eigenvalue weighted by Gasteiger charge is 2.25. The van der Waals surface area contributed by atoms with Crippen LogP contribution in [0.5, 0.6) is 5.75 Å². The van der Waals surface area contributed by atoms with E-state index in [9.17, 15) is 9.59 Å². The SMILES string of the molecule is CCOC(=O)C(CCOc1ccccc1)NC(=O)OC(C)(C)C. The van der Waals surface area contributed by atoms with Gasteiger partial charge in [0.1, 0.15) is 17.4 Å². The average Bonchev–Trinajstić information content (AvgIpc) is 2.45. The first-order chi connectivity index (χ1) is 10.8. The lowest BCUT2D eigenvalue weighted by Gasteiger charge is -2.22. The maximum atomic E-state index is 11.9. The van der Waals surface area contributed by atoms with Crippen LogP contribution in [0.4, 0.5) is 4.79 Å². The summed E-state index contributed by atoms with van der Waals surface area (Å²) in [6.07, 6.45) is -0.372. The molecule has 1 unspecified atom stereocenters. The molecule has 0 aliphatic rings.